The normalized spacial score (nSPS) is 12.3. The average molecular weight is 143 g/mol. The van der Waals surface area contributed by atoms with Crippen molar-refractivity contribution in [2.45, 2.75) is 20.3 Å². The van der Waals surface area contributed by atoms with Gasteiger partial charge in [-0.05, 0) is 6.42 Å². The number of methoxy groups -OCH3 is 1. The van der Waals surface area contributed by atoms with Gasteiger partial charge in [0.25, 0.3) is 0 Å². The van der Waals surface area contributed by atoms with Crippen molar-refractivity contribution in [3.05, 3.63) is 0 Å². The molecule has 0 spiro atoms. The Labute approximate surface area is 60.9 Å². The average Bonchev–Trinajstić information content (AvgIpc) is 2.00. The van der Waals surface area contributed by atoms with Gasteiger partial charge >= 0.3 is 5.97 Å². The first-order valence-electron chi connectivity index (χ1n) is 3.30. The van der Waals surface area contributed by atoms with E-state index in [0.717, 1.165) is 6.42 Å². The van der Waals surface area contributed by atoms with E-state index < -0.39 is 5.97 Å². The summed E-state index contributed by atoms with van der Waals surface area (Å²) in [6.07, 6.45) is 0.800. The molecule has 1 N–H and O–H groups in total. The van der Waals surface area contributed by atoms with Gasteiger partial charge in [-0.3, -0.25) is 5.41 Å². The second-order valence-electron chi connectivity index (χ2n) is 2.21. The number of rotatable bonds is 3. The van der Waals surface area contributed by atoms with Crippen molar-refractivity contribution in [2.24, 2.45) is 5.92 Å². The third-order valence-corrected chi connectivity index (χ3v) is 1.51. The molecule has 1 unspecified atom stereocenters. The molecule has 0 aromatic heterocycles. The van der Waals surface area contributed by atoms with E-state index in [4.69, 9.17) is 5.41 Å². The first-order valence-corrected chi connectivity index (χ1v) is 3.30. The molecule has 0 bridgehead atoms. The molecule has 0 saturated heterocycles. The highest BCUT2D eigenvalue weighted by molar-refractivity contribution is 6.35. The minimum absolute atomic E-state index is 0.00690. The lowest BCUT2D eigenvalue weighted by molar-refractivity contribution is -0.133. The third kappa shape index (κ3) is 2.17. The Bertz CT molecular complexity index is 143. The molecule has 0 radical (unpaired) electrons. The first kappa shape index (κ1) is 9.14. The van der Waals surface area contributed by atoms with Crippen molar-refractivity contribution in [3.63, 3.8) is 0 Å². The Kier molecular flexibility index (Phi) is 3.69. The minimum Gasteiger partial charge on any atom is -0.465 e. The fourth-order valence-corrected chi connectivity index (χ4v) is 0.515. The summed E-state index contributed by atoms with van der Waals surface area (Å²) in [6, 6.07) is 0. The van der Waals surface area contributed by atoms with Crippen molar-refractivity contribution in [1.82, 2.24) is 0 Å². The summed E-state index contributed by atoms with van der Waals surface area (Å²) < 4.78 is 4.37. The molecule has 0 aromatic carbocycles. The van der Waals surface area contributed by atoms with Crippen molar-refractivity contribution in [1.29, 1.82) is 5.41 Å². The van der Waals surface area contributed by atoms with Gasteiger partial charge in [0.2, 0.25) is 0 Å². The lowest BCUT2D eigenvalue weighted by atomic mass is 10.0. The topological polar surface area (TPSA) is 50.2 Å². The zero-order valence-electron chi connectivity index (χ0n) is 6.60. The third-order valence-electron chi connectivity index (χ3n) is 1.51. The Morgan fingerprint density at radius 1 is 1.70 bits per heavy atom. The molecule has 0 saturated carbocycles. The van der Waals surface area contributed by atoms with E-state index in [1.54, 1.807) is 0 Å². The van der Waals surface area contributed by atoms with Crippen LogP contribution in [-0.4, -0.2) is 18.8 Å². The monoisotopic (exact) mass is 143 g/mol. The van der Waals surface area contributed by atoms with E-state index in [-0.39, 0.29) is 11.6 Å². The molecule has 3 heteroatoms. The number of hydrogen-bond acceptors (Lipinski definition) is 3. The Morgan fingerprint density at radius 2 is 2.20 bits per heavy atom. The summed E-state index contributed by atoms with van der Waals surface area (Å²) in [4.78, 5) is 10.7. The SMILES string of the molecule is CCC(C)C(=N)C(=O)OC. The van der Waals surface area contributed by atoms with Crippen LogP contribution in [0.15, 0.2) is 0 Å². The lowest BCUT2D eigenvalue weighted by Gasteiger charge is -2.06. The molecule has 0 aliphatic heterocycles. The van der Waals surface area contributed by atoms with Gasteiger partial charge in [-0.1, -0.05) is 13.8 Å². The van der Waals surface area contributed by atoms with Gasteiger partial charge in [-0.2, -0.15) is 0 Å². The van der Waals surface area contributed by atoms with Crippen molar-refractivity contribution in [2.75, 3.05) is 7.11 Å². The number of carbonyl (C=O) groups is 1. The molecule has 1 atom stereocenters. The fraction of sp³-hybridized carbons (Fsp3) is 0.714. The summed E-state index contributed by atoms with van der Waals surface area (Å²) in [5.41, 5.74) is 0.0602. The van der Waals surface area contributed by atoms with E-state index >= 15 is 0 Å². The van der Waals surface area contributed by atoms with E-state index in [9.17, 15) is 4.79 Å². The van der Waals surface area contributed by atoms with Crippen molar-refractivity contribution in [3.8, 4) is 0 Å². The fourth-order valence-electron chi connectivity index (χ4n) is 0.515. The zero-order chi connectivity index (χ0) is 8.15. The Hall–Kier alpha value is -0.860. The molecule has 58 valence electrons. The van der Waals surface area contributed by atoms with E-state index in [1.165, 1.54) is 7.11 Å². The summed E-state index contributed by atoms with van der Waals surface area (Å²) in [6.45, 7) is 3.77. The molecule has 0 aromatic rings. The van der Waals surface area contributed by atoms with Gasteiger partial charge in [-0.25, -0.2) is 4.79 Å². The molecular weight excluding hydrogens is 130 g/mol. The summed E-state index contributed by atoms with van der Waals surface area (Å²) >= 11 is 0. The highest BCUT2D eigenvalue weighted by atomic mass is 16.5. The molecule has 0 heterocycles. The van der Waals surface area contributed by atoms with Gasteiger partial charge < -0.3 is 4.74 Å². The first-order chi connectivity index (χ1) is 4.63. The molecule has 0 rings (SSSR count). The number of esters is 1. The maximum absolute atomic E-state index is 10.7. The molecule has 0 fully saturated rings. The Balaban J connectivity index is 3.95. The smallest absolute Gasteiger partial charge is 0.351 e. The second kappa shape index (κ2) is 4.04. The summed E-state index contributed by atoms with van der Waals surface area (Å²) in [5.74, 6) is -0.512. The predicted octanol–water partition coefficient (Wildman–Crippen LogP) is 1.23. The number of hydrogen-bond donors (Lipinski definition) is 1. The molecule has 0 aliphatic rings. The maximum Gasteiger partial charge on any atom is 0.351 e. The number of ether oxygens (including phenoxy) is 1. The number of carbonyl (C=O) groups excluding carboxylic acids is 1. The van der Waals surface area contributed by atoms with E-state index in [1.807, 2.05) is 13.8 Å². The van der Waals surface area contributed by atoms with Crippen LogP contribution in [-0.2, 0) is 9.53 Å². The van der Waals surface area contributed by atoms with Crippen LogP contribution in [0.4, 0.5) is 0 Å². The van der Waals surface area contributed by atoms with Crippen LogP contribution in [0.3, 0.4) is 0 Å². The minimum atomic E-state index is -0.519. The van der Waals surface area contributed by atoms with E-state index in [2.05, 4.69) is 4.74 Å². The van der Waals surface area contributed by atoms with Gasteiger partial charge in [0.1, 0.15) is 5.71 Å². The van der Waals surface area contributed by atoms with Gasteiger partial charge in [0.05, 0.1) is 7.11 Å². The van der Waals surface area contributed by atoms with Crippen LogP contribution < -0.4 is 0 Å². The predicted molar refractivity (Wildman–Crippen MR) is 39.2 cm³/mol. The highest BCUT2D eigenvalue weighted by Crippen LogP contribution is 2.02. The number of nitrogens with one attached hydrogen (secondary N) is 1. The van der Waals surface area contributed by atoms with Crippen molar-refractivity contribution >= 4 is 11.7 Å². The van der Waals surface area contributed by atoms with Gasteiger partial charge in [0, 0.05) is 5.92 Å². The van der Waals surface area contributed by atoms with Crippen LogP contribution in [0, 0.1) is 11.3 Å². The molecule has 3 nitrogen and oxygen atoms in total. The lowest BCUT2D eigenvalue weighted by Crippen LogP contribution is -2.21. The zero-order valence-corrected chi connectivity index (χ0v) is 6.60. The molecule has 0 amide bonds. The summed E-state index contributed by atoms with van der Waals surface area (Å²) in [5, 5.41) is 7.23. The van der Waals surface area contributed by atoms with Crippen LogP contribution in [0.25, 0.3) is 0 Å². The largest absolute Gasteiger partial charge is 0.465 e. The Morgan fingerprint density at radius 3 is 2.50 bits per heavy atom. The van der Waals surface area contributed by atoms with Crippen LogP contribution in [0.2, 0.25) is 0 Å². The molecule has 0 aliphatic carbocycles. The summed E-state index contributed by atoms with van der Waals surface area (Å²) in [7, 11) is 1.29. The van der Waals surface area contributed by atoms with E-state index in [0.29, 0.717) is 0 Å². The van der Waals surface area contributed by atoms with Crippen LogP contribution in [0.5, 0.6) is 0 Å². The van der Waals surface area contributed by atoms with Crippen molar-refractivity contribution < 1.29 is 9.53 Å². The highest BCUT2D eigenvalue weighted by Gasteiger charge is 2.14. The quantitative estimate of drug-likeness (QED) is 0.477. The van der Waals surface area contributed by atoms with Crippen LogP contribution in [0.1, 0.15) is 20.3 Å². The maximum atomic E-state index is 10.7. The van der Waals surface area contributed by atoms with Gasteiger partial charge in [0.15, 0.2) is 0 Å². The second-order valence-corrected chi connectivity index (χ2v) is 2.21. The standard InChI is InChI=1S/C7H13NO2/c1-4-5(2)6(8)7(9)10-3/h5,8H,4H2,1-3H3. The van der Waals surface area contributed by atoms with Gasteiger partial charge in [-0.15, -0.1) is 0 Å². The molecular formula is C7H13NO2. The van der Waals surface area contributed by atoms with Crippen LogP contribution >= 0.6 is 0 Å². The molecule has 10 heavy (non-hydrogen) atoms.